The van der Waals surface area contributed by atoms with Gasteiger partial charge in [-0.1, -0.05) is 29.8 Å². The van der Waals surface area contributed by atoms with E-state index in [1.54, 1.807) is 23.1 Å². The van der Waals surface area contributed by atoms with Crippen molar-refractivity contribution in [3.8, 4) is 0 Å². The molecule has 3 nitrogen and oxygen atoms in total. The zero-order valence-electron chi connectivity index (χ0n) is 10.8. The van der Waals surface area contributed by atoms with Crippen LogP contribution in [0.15, 0.2) is 35.4 Å². The number of nitrogens with two attached hydrogens (primary N) is 1. The molecule has 0 spiro atoms. The molecule has 0 saturated carbocycles. The standard InChI is InChI=1S/C14H12ClN3S2/c1-8-6-10-12(17-14(16)18-13(10)20-8)19-7-9-4-2-3-5-11(9)15/h2-6H,7H2,1H3,(H2,16,17,18). The van der Waals surface area contributed by atoms with E-state index >= 15 is 0 Å². The van der Waals surface area contributed by atoms with Crippen molar-refractivity contribution in [1.29, 1.82) is 0 Å². The van der Waals surface area contributed by atoms with Gasteiger partial charge in [0.1, 0.15) is 9.86 Å². The smallest absolute Gasteiger partial charge is 0.222 e. The maximum atomic E-state index is 6.18. The molecule has 2 aromatic heterocycles. The van der Waals surface area contributed by atoms with Crippen LogP contribution in [0.4, 0.5) is 5.95 Å². The maximum absolute atomic E-state index is 6.18. The molecule has 0 fully saturated rings. The minimum Gasteiger partial charge on any atom is -0.368 e. The van der Waals surface area contributed by atoms with Crippen LogP contribution in [-0.2, 0) is 5.75 Å². The number of thioether (sulfide) groups is 1. The van der Waals surface area contributed by atoms with Crippen LogP contribution in [0.25, 0.3) is 10.2 Å². The number of hydrogen-bond donors (Lipinski definition) is 1. The molecule has 0 aliphatic carbocycles. The highest BCUT2D eigenvalue weighted by atomic mass is 35.5. The van der Waals surface area contributed by atoms with Gasteiger partial charge in [-0.05, 0) is 24.6 Å². The average molecular weight is 322 g/mol. The fourth-order valence-corrected chi connectivity index (χ4v) is 4.15. The van der Waals surface area contributed by atoms with Crippen LogP contribution in [-0.4, -0.2) is 9.97 Å². The third-order valence-electron chi connectivity index (χ3n) is 2.82. The SMILES string of the molecule is Cc1cc2c(SCc3ccccc3Cl)nc(N)nc2s1. The minimum atomic E-state index is 0.320. The van der Waals surface area contributed by atoms with E-state index in [1.165, 1.54) is 4.88 Å². The number of nitrogens with zero attached hydrogens (tertiary/aromatic N) is 2. The van der Waals surface area contributed by atoms with Gasteiger partial charge in [0.25, 0.3) is 0 Å². The minimum absolute atomic E-state index is 0.320. The van der Waals surface area contributed by atoms with Crippen LogP contribution in [0, 0.1) is 6.92 Å². The van der Waals surface area contributed by atoms with Gasteiger partial charge < -0.3 is 5.73 Å². The first-order valence-electron chi connectivity index (χ1n) is 6.03. The number of halogens is 1. The topological polar surface area (TPSA) is 51.8 Å². The van der Waals surface area contributed by atoms with Crippen LogP contribution in [0.5, 0.6) is 0 Å². The van der Waals surface area contributed by atoms with Crippen molar-refractivity contribution in [1.82, 2.24) is 9.97 Å². The van der Waals surface area contributed by atoms with Crippen molar-refractivity contribution in [2.24, 2.45) is 0 Å². The Balaban J connectivity index is 1.93. The van der Waals surface area contributed by atoms with Gasteiger partial charge in [0.2, 0.25) is 5.95 Å². The number of hydrogen-bond acceptors (Lipinski definition) is 5. The highest BCUT2D eigenvalue weighted by molar-refractivity contribution is 7.98. The second-order valence-corrected chi connectivity index (χ2v) is 6.95. The van der Waals surface area contributed by atoms with Gasteiger partial charge in [-0.3, -0.25) is 0 Å². The molecule has 0 unspecified atom stereocenters. The molecular weight excluding hydrogens is 310 g/mol. The Morgan fingerprint density at radius 3 is 2.90 bits per heavy atom. The first-order valence-corrected chi connectivity index (χ1v) is 8.21. The quantitative estimate of drug-likeness (QED) is 0.569. The number of nitrogen functional groups attached to an aromatic ring is 1. The second-order valence-electron chi connectivity index (χ2n) is 4.34. The van der Waals surface area contributed by atoms with E-state index in [9.17, 15) is 0 Å². The van der Waals surface area contributed by atoms with E-state index < -0.39 is 0 Å². The van der Waals surface area contributed by atoms with E-state index in [0.29, 0.717) is 5.95 Å². The van der Waals surface area contributed by atoms with Crippen LogP contribution < -0.4 is 5.73 Å². The largest absolute Gasteiger partial charge is 0.368 e. The van der Waals surface area contributed by atoms with Gasteiger partial charge in [0, 0.05) is 21.0 Å². The zero-order chi connectivity index (χ0) is 14.1. The molecule has 0 atom stereocenters. The molecule has 0 aliphatic rings. The molecule has 0 amide bonds. The van der Waals surface area contributed by atoms with Crippen molar-refractivity contribution in [2.75, 3.05) is 5.73 Å². The van der Waals surface area contributed by atoms with Crippen molar-refractivity contribution < 1.29 is 0 Å². The maximum Gasteiger partial charge on any atom is 0.222 e. The van der Waals surface area contributed by atoms with Gasteiger partial charge in [-0.2, -0.15) is 0 Å². The van der Waals surface area contributed by atoms with Crippen LogP contribution in [0.1, 0.15) is 10.4 Å². The fourth-order valence-electron chi connectivity index (χ4n) is 1.90. The summed E-state index contributed by atoms with van der Waals surface area (Å²) in [7, 11) is 0. The van der Waals surface area contributed by atoms with E-state index in [4.69, 9.17) is 17.3 Å². The molecule has 0 radical (unpaired) electrons. The Labute approximate surface area is 130 Å². The van der Waals surface area contributed by atoms with Gasteiger partial charge in [0.15, 0.2) is 0 Å². The number of rotatable bonds is 3. The molecule has 0 bridgehead atoms. The van der Waals surface area contributed by atoms with Crippen LogP contribution in [0.3, 0.4) is 0 Å². The zero-order valence-corrected chi connectivity index (χ0v) is 13.1. The van der Waals surface area contributed by atoms with Crippen molar-refractivity contribution in [2.45, 2.75) is 17.7 Å². The van der Waals surface area contributed by atoms with E-state index in [2.05, 4.69) is 23.0 Å². The highest BCUT2D eigenvalue weighted by Crippen LogP contribution is 2.34. The first kappa shape index (κ1) is 13.7. The number of benzene rings is 1. The Hall–Kier alpha value is -1.30. The highest BCUT2D eigenvalue weighted by Gasteiger charge is 2.10. The molecule has 2 N–H and O–H groups in total. The summed E-state index contributed by atoms with van der Waals surface area (Å²) in [5, 5.41) is 2.76. The van der Waals surface area contributed by atoms with E-state index in [0.717, 1.165) is 31.6 Å². The Kier molecular flexibility index (Phi) is 3.83. The molecule has 6 heteroatoms. The summed E-state index contributed by atoms with van der Waals surface area (Å²) in [6.07, 6.45) is 0. The molecule has 0 aliphatic heterocycles. The average Bonchev–Trinajstić information content (AvgIpc) is 2.77. The lowest BCUT2D eigenvalue weighted by Gasteiger charge is -2.05. The Morgan fingerprint density at radius 1 is 1.30 bits per heavy atom. The summed E-state index contributed by atoms with van der Waals surface area (Å²) >= 11 is 9.45. The van der Waals surface area contributed by atoms with Gasteiger partial charge in [-0.15, -0.1) is 23.1 Å². The van der Waals surface area contributed by atoms with Gasteiger partial charge >= 0.3 is 0 Å². The molecule has 0 saturated heterocycles. The van der Waals surface area contributed by atoms with E-state index in [-0.39, 0.29) is 0 Å². The molecule has 20 heavy (non-hydrogen) atoms. The predicted molar refractivity (Wildman–Crippen MR) is 87.6 cm³/mol. The lowest BCUT2D eigenvalue weighted by Crippen LogP contribution is -1.95. The fraction of sp³-hybridized carbons (Fsp3) is 0.143. The van der Waals surface area contributed by atoms with Crippen molar-refractivity contribution in [3.05, 3.63) is 45.8 Å². The molecule has 3 aromatic rings. The molecule has 102 valence electrons. The van der Waals surface area contributed by atoms with Gasteiger partial charge in [-0.25, -0.2) is 9.97 Å². The molecule has 1 aromatic carbocycles. The normalized spacial score (nSPS) is 11.1. The third kappa shape index (κ3) is 2.75. The second kappa shape index (κ2) is 5.60. The van der Waals surface area contributed by atoms with E-state index in [1.807, 2.05) is 24.3 Å². The Bertz CT molecular complexity index is 770. The molecule has 2 heterocycles. The van der Waals surface area contributed by atoms with Crippen molar-refractivity contribution in [3.63, 3.8) is 0 Å². The number of thiophene rings is 1. The van der Waals surface area contributed by atoms with Crippen LogP contribution in [0.2, 0.25) is 5.02 Å². The predicted octanol–water partition coefficient (Wildman–Crippen LogP) is 4.53. The molecule has 3 rings (SSSR count). The first-order chi connectivity index (χ1) is 9.63. The summed E-state index contributed by atoms with van der Waals surface area (Å²) < 4.78 is 0. The monoisotopic (exact) mass is 321 g/mol. The summed E-state index contributed by atoms with van der Waals surface area (Å²) in [5.74, 6) is 1.08. The summed E-state index contributed by atoms with van der Waals surface area (Å²) in [6, 6.07) is 9.94. The Morgan fingerprint density at radius 2 is 2.10 bits per heavy atom. The lowest BCUT2D eigenvalue weighted by molar-refractivity contribution is 1.12. The number of anilines is 1. The van der Waals surface area contributed by atoms with Crippen LogP contribution >= 0.6 is 34.7 Å². The third-order valence-corrected chi connectivity index (χ3v) is 5.17. The lowest BCUT2D eigenvalue weighted by atomic mass is 10.2. The van der Waals surface area contributed by atoms with Gasteiger partial charge in [0.05, 0.1) is 0 Å². The summed E-state index contributed by atoms with van der Waals surface area (Å²) in [5.41, 5.74) is 6.87. The summed E-state index contributed by atoms with van der Waals surface area (Å²) in [6.45, 7) is 2.06. The number of aryl methyl sites for hydroxylation is 1. The number of aromatic nitrogens is 2. The van der Waals surface area contributed by atoms with Crippen molar-refractivity contribution >= 4 is 50.9 Å². The summed E-state index contributed by atoms with van der Waals surface area (Å²) in [4.78, 5) is 10.8. The number of fused-ring (bicyclic) bond motifs is 1. The molecular formula is C14H12ClN3S2.